The minimum Gasteiger partial charge on any atom is -0.394 e. The molecule has 0 amide bonds. The Bertz CT molecular complexity index is 678. The number of aryl methyl sites for hydroxylation is 2. The van der Waals surface area contributed by atoms with Crippen molar-refractivity contribution in [2.75, 3.05) is 27.4 Å². The lowest BCUT2D eigenvalue weighted by molar-refractivity contribution is 0.151. The van der Waals surface area contributed by atoms with Gasteiger partial charge in [-0.3, -0.25) is 0 Å². The van der Waals surface area contributed by atoms with Crippen molar-refractivity contribution < 1.29 is 23.7 Å². The van der Waals surface area contributed by atoms with Crippen LogP contribution in [0, 0.1) is 13.8 Å². The van der Waals surface area contributed by atoms with E-state index in [1.165, 1.54) is 0 Å². The Morgan fingerprint density at radius 1 is 0.769 bits per heavy atom. The number of hydrogen-bond acceptors (Lipinski definition) is 5. The highest BCUT2D eigenvalue weighted by molar-refractivity contribution is 5.68. The van der Waals surface area contributed by atoms with Gasteiger partial charge in [-0.2, -0.15) is 0 Å². The summed E-state index contributed by atoms with van der Waals surface area (Å²) in [5, 5.41) is 0. The third kappa shape index (κ3) is 5.86. The fraction of sp³-hybridized carbons (Fsp3) is 0.381. The van der Waals surface area contributed by atoms with Gasteiger partial charge in [-0.25, -0.2) is 4.79 Å². The maximum atomic E-state index is 12.1. The van der Waals surface area contributed by atoms with Crippen molar-refractivity contribution in [3.05, 3.63) is 58.7 Å². The smallest absolute Gasteiger partial charge is 0.394 e. The molecule has 0 aromatic heterocycles. The summed E-state index contributed by atoms with van der Waals surface area (Å²) in [4.78, 5) is 12.1. The molecule has 0 bridgehead atoms. The standard InChI is InChI=1S/C21H26O5/c1-15-13-17(9-11-23-3)5-7-19(15)25-21(22)26-20-8-6-18(10-12-24-4)14-16(20)2/h5-8,13-14H,9-12H2,1-4H3. The summed E-state index contributed by atoms with van der Waals surface area (Å²) in [7, 11) is 3.35. The van der Waals surface area contributed by atoms with E-state index < -0.39 is 6.16 Å². The molecule has 0 fully saturated rings. The molecule has 0 aliphatic heterocycles. The van der Waals surface area contributed by atoms with Crippen LogP contribution < -0.4 is 9.47 Å². The molecule has 5 heteroatoms. The van der Waals surface area contributed by atoms with Crippen LogP contribution in [0.25, 0.3) is 0 Å². The highest BCUT2D eigenvalue weighted by Gasteiger charge is 2.12. The van der Waals surface area contributed by atoms with E-state index in [9.17, 15) is 4.79 Å². The Morgan fingerprint density at radius 3 is 1.54 bits per heavy atom. The van der Waals surface area contributed by atoms with Gasteiger partial charge in [0.1, 0.15) is 11.5 Å². The van der Waals surface area contributed by atoms with E-state index in [-0.39, 0.29) is 0 Å². The molecule has 0 N–H and O–H groups in total. The predicted molar refractivity (Wildman–Crippen MR) is 100 cm³/mol. The van der Waals surface area contributed by atoms with Crippen LogP contribution in [0.1, 0.15) is 22.3 Å². The number of carbonyl (C=O) groups excluding carboxylic acids is 1. The fourth-order valence-corrected chi connectivity index (χ4v) is 2.60. The molecule has 0 aliphatic rings. The van der Waals surface area contributed by atoms with Crippen LogP contribution in [-0.4, -0.2) is 33.6 Å². The first-order valence-electron chi connectivity index (χ1n) is 8.60. The van der Waals surface area contributed by atoms with Gasteiger partial charge in [-0.15, -0.1) is 0 Å². The summed E-state index contributed by atoms with van der Waals surface area (Å²) in [5.41, 5.74) is 4.02. The average Bonchev–Trinajstić information content (AvgIpc) is 2.62. The van der Waals surface area contributed by atoms with Gasteiger partial charge < -0.3 is 18.9 Å². The molecule has 2 rings (SSSR count). The van der Waals surface area contributed by atoms with Crippen LogP contribution in [0.3, 0.4) is 0 Å². The lowest BCUT2D eigenvalue weighted by Gasteiger charge is -2.11. The van der Waals surface area contributed by atoms with Crippen LogP contribution in [-0.2, 0) is 22.3 Å². The van der Waals surface area contributed by atoms with Crippen LogP contribution in [0.15, 0.2) is 36.4 Å². The SMILES string of the molecule is COCCc1ccc(OC(=O)Oc2ccc(CCOC)cc2C)c(C)c1. The van der Waals surface area contributed by atoms with Crippen LogP contribution in [0.5, 0.6) is 11.5 Å². The van der Waals surface area contributed by atoms with E-state index in [0.29, 0.717) is 24.7 Å². The number of carbonyl (C=O) groups is 1. The third-order valence-corrected chi connectivity index (χ3v) is 4.05. The van der Waals surface area contributed by atoms with Gasteiger partial charge in [-0.05, 0) is 61.1 Å². The Hall–Kier alpha value is -2.37. The van der Waals surface area contributed by atoms with Crippen LogP contribution >= 0.6 is 0 Å². The highest BCUT2D eigenvalue weighted by Crippen LogP contribution is 2.23. The molecule has 5 nitrogen and oxygen atoms in total. The highest BCUT2D eigenvalue weighted by atomic mass is 16.7. The lowest BCUT2D eigenvalue weighted by atomic mass is 10.1. The summed E-state index contributed by atoms with van der Waals surface area (Å²) >= 11 is 0. The van der Waals surface area contributed by atoms with Crippen molar-refractivity contribution in [2.24, 2.45) is 0 Å². The van der Waals surface area contributed by atoms with Crippen molar-refractivity contribution >= 4 is 6.16 Å². The summed E-state index contributed by atoms with van der Waals surface area (Å²) in [6.07, 6.45) is 0.887. The number of ether oxygens (including phenoxy) is 4. The summed E-state index contributed by atoms with van der Waals surface area (Å²) in [5.74, 6) is 0.982. The van der Waals surface area contributed by atoms with E-state index >= 15 is 0 Å². The molecular formula is C21H26O5. The monoisotopic (exact) mass is 358 g/mol. The molecular weight excluding hydrogens is 332 g/mol. The molecule has 0 aliphatic carbocycles. The van der Waals surface area contributed by atoms with Gasteiger partial charge in [0.25, 0.3) is 0 Å². The molecule has 0 atom stereocenters. The molecule has 140 valence electrons. The third-order valence-electron chi connectivity index (χ3n) is 4.05. The van der Waals surface area contributed by atoms with Crippen molar-refractivity contribution in [1.82, 2.24) is 0 Å². The first kappa shape index (κ1) is 19.9. The normalized spacial score (nSPS) is 10.6. The molecule has 2 aromatic rings. The molecule has 0 saturated carbocycles. The van der Waals surface area contributed by atoms with Gasteiger partial charge in [0.15, 0.2) is 0 Å². The second-order valence-electron chi connectivity index (χ2n) is 6.14. The molecule has 0 radical (unpaired) electrons. The first-order valence-corrected chi connectivity index (χ1v) is 8.60. The van der Waals surface area contributed by atoms with Crippen molar-refractivity contribution in [2.45, 2.75) is 26.7 Å². The molecule has 0 unspecified atom stereocenters. The minimum absolute atomic E-state index is 0.491. The second-order valence-corrected chi connectivity index (χ2v) is 6.14. The summed E-state index contributed by atoms with van der Waals surface area (Å²) in [6, 6.07) is 11.4. The van der Waals surface area contributed by atoms with Gasteiger partial charge >= 0.3 is 6.16 Å². The quantitative estimate of drug-likeness (QED) is 0.521. The zero-order valence-corrected chi connectivity index (χ0v) is 15.8. The maximum Gasteiger partial charge on any atom is 0.519 e. The Balaban J connectivity index is 1.98. The topological polar surface area (TPSA) is 54.0 Å². The molecule has 26 heavy (non-hydrogen) atoms. The number of hydrogen-bond donors (Lipinski definition) is 0. The fourth-order valence-electron chi connectivity index (χ4n) is 2.60. The predicted octanol–water partition coefficient (Wildman–Crippen LogP) is 4.26. The van der Waals surface area contributed by atoms with Crippen molar-refractivity contribution in [3.8, 4) is 11.5 Å². The number of rotatable bonds is 8. The first-order chi connectivity index (χ1) is 12.5. The van der Waals surface area contributed by atoms with Gasteiger partial charge in [0.2, 0.25) is 0 Å². The average molecular weight is 358 g/mol. The Labute approximate surface area is 154 Å². The zero-order chi connectivity index (χ0) is 18.9. The van der Waals surface area contributed by atoms with E-state index in [1.54, 1.807) is 26.4 Å². The summed E-state index contributed by atoms with van der Waals surface area (Å²) in [6.45, 7) is 5.10. The van der Waals surface area contributed by atoms with Gasteiger partial charge in [0, 0.05) is 14.2 Å². The Morgan fingerprint density at radius 2 is 1.19 bits per heavy atom. The molecule has 0 saturated heterocycles. The van der Waals surface area contributed by atoms with Gasteiger partial charge in [-0.1, -0.05) is 24.3 Å². The molecule has 0 spiro atoms. The lowest BCUT2D eigenvalue weighted by Crippen LogP contribution is -2.15. The number of benzene rings is 2. The largest absolute Gasteiger partial charge is 0.519 e. The van der Waals surface area contributed by atoms with Gasteiger partial charge in [0.05, 0.1) is 13.2 Å². The molecule has 0 heterocycles. The van der Waals surface area contributed by atoms with Crippen LogP contribution in [0.2, 0.25) is 0 Å². The molecule has 2 aromatic carbocycles. The van der Waals surface area contributed by atoms with E-state index in [2.05, 4.69) is 0 Å². The summed E-state index contributed by atoms with van der Waals surface area (Å²) < 4.78 is 20.8. The second kappa shape index (κ2) is 9.94. The van der Waals surface area contributed by atoms with Crippen molar-refractivity contribution in [3.63, 3.8) is 0 Å². The van der Waals surface area contributed by atoms with Crippen molar-refractivity contribution in [1.29, 1.82) is 0 Å². The Kier molecular flexibility index (Phi) is 7.63. The number of methoxy groups -OCH3 is 2. The van der Waals surface area contributed by atoms with Crippen LogP contribution in [0.4, 0.5) is 4.79 Å². The maximum absolute atomic E-state index is 12.1. The van der Waals surface area contributed by atoms with E-state index in [0.717, 1.165) is 35.1 Å². The minimum atomic E-state index is -0.745. The zero-order valence-electron chi connectivity index (χ0n) is 15.8. The van der Waals surface area contributed by atoms with E-state index in [1.807, 2.05) is 38.1 Å². The van der Waals surface area contributed by atoms with E-state index in [4.69, 9.17) is 18.9 Å².